The largest absolute Gasteiger partial charge is 0.331 e. The fourth-order valence-electron chi connectivity index (χ4n) is 2.22. The lowest BCUT2D eigenvalue weighted by Gasteiger charge is -2.08. The Morgan fingerprint density at radius 2 is 1.04 bits per heavy atom. The van der Waals surface area contributed by atoms with Crippen LogP contribution in [0.15, 0.2) is 71.0 Å². The molecular formula is C20H20N2O4. The van der Waals surface area contributed by atoms with Gasteiger partial charge in [0.05, 0.1) is 11.4 Å². The molecule has 0 aromatic heterocycles. The quantitative estimate of drug-likeness (QED) is 0.432. The summed E-state index contributed by atoms with van der Waals surface area (Å²) in [5.41, 5.74) is 2.89. The standard InChI is InChI=1S/C20H20N2O4/c1-15(23)25-21-19(17-9-5-3-6-10-17)13-14-20(22-26-16(2)24)18-11-7-4-8-12-18/h3-12H,13-14H2,1-2H3/b21-19-,22-20-. The van der Waals surface area contributed by atoms with Crippen LogP contribution in [-0.4, -0.2) is 23.4 Å². The van der Waals surface area contributed by atoms with E-state index in [1.54, 1.807) is 0 Å². The van der Waals surface area contributed by atoms with Crippen molar-refractivity contribution in [3.8, 4) is 0 Å². The van der Waals surface area contributed by atoms with Crippen LogP contribution in [0.25, 0.3) is 0 Å². The van der Waals surface area contributed by atoms with Crippen molar-refractivity contribution >= 4 is 23.4 Å². The molecule has 0 atom stereocenters. The Morgan fingerprint density at radius 3 is 1.35 bits per heavy atom. The first kappa shape index (κ1) is 19.1. The molecule has 0 bridgehead atoms. The maximum Gasteiger partial charge on any atom is 0.331 e. The molecule has 0 saturated heterocycles. The number of carbonyl (C=O) groups is 2. The van der Waals surface area contributed by atoms with Gasteiger partial charge in [0.25, 0.3) is 0 Å². The maximum absolute atomic E-state index is 11.1. The lowest BCUT2D eigenvalue weighted by molar-refractivity contribution is -0.141. The lowest BCUT2D eigenvalue weighted by Crippen LogP contribution is -2.10. The average Bonchev–Trinajstić information content (AvgIpc) is 2.65. The smallest absolute Gasteiger partial charge is 0.318 e. The molecule has 0 radical (unpaired) electrons. The van der Waals surface area contributed by atoms with Gasteiger partial charge in [0.2, 0.25) is 0 Å². The van der Waals surface area contributed by atoms with E-state index in [0.717, 1.165) is 11.1 Å². The third-order valence-corrected chi connectivity index (χ3v) is 3.38. The van der Waals surface area contributed by atoms with E-state index < -0.39 is 11.9 Å². The van der Waals surface area contributed by atoms with Crippen molar-refractivity contribution in [2.24, 2.45) is 10.3 Å². The van der Waals surface area contributed by atoms with Crippen LogP contribution in [0.2, 0.25) is 0 Å². The minimum atomic E-state index is -0.490. The summed E-state index contributed by atoms with van der Waals surface area (Å²) in [6, 6.07) is 18.8. The van der Waals surface area contributed by atoms with E-state index in [4.69, 9.17) is 9.68 Å². The number of nitrogens with zero attached hydrogens (tertiary/aromatic N) is 2. The summed E-state index contributed by atoms with van der Waals surface area (Å²) in [6.45, 7) is 2.59. The minimum absolute atomic E-state index is 0.451. The Hall–Kier alpha value is -3.28. The van der Waals surface area contributed by atoms with Gasteiger partial charge in [-0.2, -0.15) is 0 Å². The van der Waals surface area contributed by atoms with E-state index >= 15 is 0 Å². The third-order valence-electron chi connectivity index (χ3n) is 3.38. The number of oxime groups is 2. The van der Waals surface area contributed by atoms with Crippen LogP contribution in [0.1, 0.15) is 37.8 Å². The summed E-state index contributed by atoms with van der Waals surface area (Å²) in [5, 5.41) is 7.92. The Kier molecular flexibility index (Phi) is 7.24. The number of benzene rings is 2. The molecule has 6 nitrogen and oxygen atoms in total. The average molecular weight is 352 g/mol. The first-order valence-electron chi connectivity index (χ1n) is 8.16. The van der Waals surface area contributed by atoms with Crippen molar-refractivity contribution in [3.05, 3.63) is 71.8 Å². The van der Waals surface area contributed by atoms with Gasteiger partial charge in [0.1, 0.15) is 0 Å². The fourth-order valence-corrected chi connectivity index (χ4v) is 2.22. The van der Waals surface area contributed by atoms with E-state index in [-0.39, 0.29) is 0 Å². The molecule has 2 aromatic rings. The highest BCUT2D eigenvalue weighted by Gasteiger charge is 2.11. The summed E-state index contributed by atoms with van der Waals surface area (Å²) in [6.07, 6.45) is 0.901. The van der Waals surface area contributed by atoms with Gasteiger partial charge in [0, 0.05) is 13.8 Å². The zero-order valence-electron chi connectivity index (χ0n) is 14.7. The molecule has 0 aliphatic heterocycles. The van der Waals surface area contributed by atoms with E-state index in [1.807, 2.05) is 60.7 Å². The van der Waals surface area contributed by atoms with Gasteiger partial charge >= 0.3 is 11.9 Å². The Morgan fingerprint density at radius 1 is 0.692 bits per heavy atom. The molecule has 0 unspecified atom stereocenters. The zero-order valence-corrected chi connectivity index (χ0v) is 14.7. The summed E-state index contributed by atoms with van der Waals surface area (Å²) in [4.78, 5) is 31.8. The highest BCUT2D eigenvalue weighted by Crippen LogP contribution is 2.12. The van der Waals surface area contributed by atoms with Crippen LogP contribution < -0.4 is 0 Å². The van der Waals surface area contributed by atoms with Crippen LogP contribution >= 0.6 is 0 Å². The second kappa shape index (κ2) is 9.88. The van der Waals surface area contributed by atoms with Gasteiger partial charge in [0.15, 0.2) is 0 Å². The molecule has 0 saturated carbocycles. The number of carbonyl (C=O) groups excluding carboxylic acids is 2. The third kappa shape index (κ3) is 6.32. The van der Waals surface area contributed by atoms with Crippen molar-refractivity contribution in [2.45, 2.75) is 26.7 Å². The number of hydrogen-bond acceptors (Lipinski definition) is 6. The van der Waals surface area contributed by atoms with E-state index in [9.17, 15) is 9.59 Å². The fraction of sp³-hybridized carbons (Fsp3) is 0.200. The molecule has 134 valence electrons. The normalized spacial score (nSPS) is 11.8. The highest BCUT2D eigenvalue weighted by atomic mass is 16.7. The summed E-state index contributed by atoms with van der Waals surface area (Å²) in [7, 11) is 0. The van der Waals surface area contributed by atoms with E-state index in [2.05, 4.69) is 10.3 Å². The number of hydrogen-bond donors (Lipinski definition) is 0. The molecule has 0 aliphatic carbocycles. The van der Waals surface area contributed by atoms with E-state index in [0.29, 0.717) is 24.3 Å². The SMILES string of the molecule is CC(=O)O/N=C(/CC/C(=N/OC(C)=O)c1ccccc1)c1ccccc1. The maximum atomic E-state index is 11.1. The first-order chi connectivity index (χ1) is 12.6. The lowest BCUT2D eigenvalue weighted by atomic mass is 10.0. The summed E-state index contributed by atoms with van der Waals surface area (Å²) < 4.78 is 0. The van der Waals surface area contributed by atoms with Gasteiger partial charge in [-0.15, -0.1) is 0 Å². The Bertz CT molecular complexity index is 730. The molecule has 26 heavy (non-hydrogen) atoms. The van der Waals surface area contributed by atoms with Gasteiger partial charge in [-0.3, -0.25) is 0 Å². The number of rotatable bonds is 7. The molecular weight excluding hydrogens is 332 g/mol. The Labute approximate surface area is 152 Å². The van der Waals surface area contributed by atoms with Crippen molar-refractivity contribution in [1.82, 2.24) is 0 Å². The van der Waals surface area contributed by atoms with Crippen LogP contribution in [0, 0.1) is 0 Å². The van der Waals surface area contributed by atoms with Crippen LogP contribution in [0.5, 0.6) is 0 Å². The molecule has 2 aromatic carbocycles. The van der Waals surface area contributed by atoms with Crippen LogP contribution in [-0.2, 0) is 19.3 Å². The second-order valence-electron chi connectivity index (χ2n) is 5.47. The molecule has 0 heterocycles. The first-order valence-corrected chi connectivity index (χ1v) is 8.16. The van der Waals surface area contributed by atoms with Crippen LogP contribution in [0.4, 0.5) is 0 Å². The molecule has 0 fully saturated rings. The molecule has 2 rings (SSSR count). The summed E-state index contributed by atoms with van der Waals surface area (Å²) in [5.74, 6) is -0.981. The molecule has 6 heteroatoms. The predicted octanol–water partition coefficient (Wildman–Crippen LogP) is 3.70. The molecule has 0 spiro atoms. The van der Waals surface area contributed by atoms with Gasteiger partial charge in [-0.1, -0.05) is 71.0 Å². The minimum Gasteiger partial charge on any atom is -0.318 e. The molecule has 0 aliphatic rings. The van der Waals surface area contributed by atoms with Gasteiger partial charge < -0.3 is 9.68 Å². The van der Waals surface area contributed by atoms with Crippen molar-refractivity contribution in [1.29, 1.82) is 0 Å². The second-order valence-corrected chi connectivity index (χ2v) is 5.47. The van der Waals surface area contributed by atoms with Crippen molar-refractivity contribution in [3.63, 3.8) is 0 Å². The Balaban J connectivity index is 2.22. The molecule has 0 amide bonds. The highest BCUT2D eigenvalue weighted by molar-refractivity contribution is 6.06. The van der Waals surface area contributed by atoms with Gasteiger partial charge in [-0.05, 0) is 24.0 Å². The zero-order chi connectivity index (χ0) is 18.8. The van der Waals surface area contributed by atoms with E-state index in [1.165, 1.54) is 13.8 Å². The summed E-state index contributed by atoms with van der Waals surface area (Å²) >= 11 is 0. The topological polar surface area (TPSA) is 77.3 Å². The van der Waals surface area contributed by atoms with Crippen molar-refractivity contribution < 1.29 is 19.3 Å². The van der Waals surface area contributed by atoms with Crippen molar-refractivity contribution in [2.75, 3.05) is 0 Å². The molecule has 0 N–H and O–H groups in total. The van der Waals surface area contributed by atoms with Gasteiger partial charge in [-0.25, -0.2) is 9.59 Å². The monoisotopic (exact) mass is 352 g/mol. The van der Waals surface area contributed by atoms with Crippen LogP contribution in [0.3, 0.4) is 0 Å². The predicted molar refractivity (Wildman–Crippen MR) is 98.7 cm³/mol.